The van der Waals surface area contributed by atoms with Crippen molar-refractivity contribution in [2.45, 2.75) is 39.0 Å². The van der Waals surface area contributed by atoms with Gasteiger partial charge in [0.05, 0.1) is 0 Å². The van der Waals surface area contributed by atoms with Crippen LogP contribution in [-0.2, 0) is 9.59 Å². The molecular formula is C23H26N2O2. The van der Waals surface area contributed by atoms with Gasteiger partial charge in [0.2, 0.25) is 5.91 Å². The first kappa shape index (κ1) is 17.9. The van der Waals surface area contributed by atoms with Crippen molar-refractivity contribution >= 4 is 22.5 Å². The number of amides is 1. The highest BCUT2D eigenvalue weighted by Crippen LogP contribution is 2.47. The molecule has 1 heterocycles. The number of hydrazine groups is 1. The first-order valence-corrected chi connectivity index (χ1v) is 9.52. The monoisotopic (exact) mass is 362 g/mol. The molecule has 0 N–H and O–H groups in total. The lowest BCUT2D eigenvalue weighted by molar-refractivity contribution is -0.143. The summed E-state index contributed by atoms with van der Waals surface area (Å²) in [6, 6.07) is 14.5. The van der Waals surface area contributed by atoms with E-state index in [4.69, 9.17) is 0 Å². The molecule has 0 fully saturated rings. The van der Waals surface area contributed by atoms with Crippen LogP contribution in [0.25, 0.3) is 10.8 Å². The normalized spacial score (nSPS) is 22.6. The van der Waals surface area contributed by atoms with Gasteiger partial charge in [0.15, 0.2) is 5.78 Å². The van der Waals surface area contributed by atoms with Crippen molar-refractivity contribution in [3.63, 3.8) is 0 Å². The lowest BCUT2D eigenvalue weighted by Gasteiger charge is -2.44. The largest absolute Gasteiger partial charge is 0.294 e. The van der Waals surface area contributed by atoms with Crippen molar-refractivity contribution < 1.29 is 9.59 Å². The van der Waals surface area contributed by atoms with Gasteiger partial charge in [-0.15, -0.1) is 0 Å². The highest BCUT2D eigenvalue weighted by Gasteiger charge is 2.44. The number of ketones is 1. The summed E-state index contributed by atoms with van der Waals surface area (Å²) in [6.07, 6.45) is 1.61. The molecule has 4 rings (SSSR count). The average Bonchev–Trinajstić information content (AvgIpc) is 2.58. The molecule has 140 valence electrons. The number of hydrogen-bond donors (Lipinski definition) is 0. The average molecular weight is 362 g/mol. The van der Waals surface area contributed by atoms with E-state index in [1.807, 2.05) is 31.2 Å². The molecule has 1 aliphatic heterocycles. The SMILES string of the molecule is CN(C)N1C(=O)CC(c2ccc3ccccc3c2)C2=C1CC(C)(C)CC2=O. The van der Waals surface area contributed by atoms with Crippen LogP contribution in [0.15, 0.2) is 53.7 Å². The Morgan fingerprint density at radius 1 is 1.00 bits per heavy atom. The molecule has 1 unspecified atom stereocenters. The van der Waals surface area contributed by atoms with Crippen LogP contribution in [0.1, 0.15) is 44.6 Å². The van der Waals surface area contributed by atoms with Crippen molar-refractivity contribution in [2.75, 3.05) is 14.1 Å². The predicted molar refractivity (Wildman–Crippen MR) is 107 cm³/mol. The minimum atomic E-state index is -0.156. The molecule has 0 saturated heterocycles. The quantitative estimate of drug-likeness (QED) is 0.801. The van der Waals surface area contributed by atoms with Crippen LogP contribution in [-0.4, -0.2) is 35.8 Å². The van der Waals surface area contributed by atoms with Crippen molar-refractivity contribution in [2.24, 2.45) is 5.41 Å². The molecular weight excluding hydrogens is 336 g/mol. The van der Waals surface area contributed by atoms with E-state index >= 15 is 0 Å². The Kier molecular flexibility index (Phi) is 4.19. The molecule has 0 spiro atoms. The topological polar surface area (TPSA) is 40.6 Å². The molecule has 2 aliphatic rings. The van der Waals surface area contributed by atoms with Crippen molar-refractivity contribution in [1.29, 1.82) is 0 Å². The van der Waals surface area contributed by atoms with Gasteiger partial charge >= 0.3 is 0 Å². The number of allylic oxidation sites excluding steroid dienone is 2. The Morgan fingerprint density at radius 3 is 2.41 bits per heavy atom. The Bertz CT molecular complexity index is 971. The summed E-state index contributed by atoms with van der Waals surface area (Å²) in [5.41, 5.74) is 2.64. The Hall–Kier alpha value is -2.46. The molecule has 2 aromatic rings. The highest BCUT2D eigenvalue weighted by atomic mass is 16.2. The Labute approximate surface area is 160 Å². The summed E-state index contributed by atoms with van der Waals surface area (Å²) >= 11 is 0. The molecule has 1 atom stereocenters. The second-order valence-electron chi connectivity index (χ2n) is 8.72. The third-order valence-corrected chi connectivity index (χ3v) is 5.69. The zero-order valence-corrected chi connectivity index (χ0v) is 16.5. The third kappa shape index (κ3) is 3.08. The van der Waals surface area contributed by atoms with Gasteiger partial charge in [-0.05, 0) is 28.2 Å². The van der Waals surface area contributed by atoms with Gasteiger partial charge in [-0.3, -0.25) is 9.59 Å². The number of Topliss-reactive ketones (excluding diaryl/α,β-unsaturated/α-hetero) is 1. The van der Waals surface area contributed by atoms with Crippen LogP contribution in [0.5, 0.6) is 0 Å². The van der Waals surface area contributed by atoms with E-state index in [0.29, 0.717) is 12.8 Å². The third-order valence-electron chi connectivity index (χ3n) is 5.69. The Morgan fingerprint density at radius 2 is 1.70 bits per heavy atom. The van der Waals surface area contributed by atoms with E-state index < -0.39 is 0 Å². The molecule has 4 heteroatoms. The number of nitrogens with zero attached hydrogens (tertiary/aromatic N) is 2. The number of rotatable bonds is 2. The first-order chi connectivity index (χ1) is 12.8. The van der Waals surface area contributed by atoms with E-state index in [2.05, 4.69) is 44.2 Å². The highest BCUT2D eigenvalue weighted by molar-refractivity contribution is 6.02. The van der Waals surface area contributed by atoms with E-state index in [-0.39, 0.29) is 23.0 Å². The maximum atomic E-state index is 13.2. The summed E-state index contributed by atoms with van der Waals surface area (Å²) in [7, 11) is 3.73. The second kappa shape index (κ2) is 6.31. The predicted octanol–water partition coefficient (Wildman–Crippen LogP) is 4.28. The van der Waals surface area contributed by atoms with Gasteiger partial charge in [-0.1, -0.05) is 56.3 Å². The lowest BCUT2D eigenvalue weighted by Crippen LogP contribution is -2.49. The minimum Gasteiger partial charge on any atom is -0.294 e. The first-order valence-electron chi connectivity index (χ1n) is 9.52. The number of hydrogen-bond acceptors (Lipinski definition) is 3. The summed E-state index contributed by atoms with van der Waals surface area (Å²) in [4.78, 5) is 26.1. The van der Waals surface area contributed by atoms with Gasteiger partial charge in [0.1, 0.15) is 0 Å². The molecule has 0 radical (unpaired) electrons. The molecule has 1 aliphatic carbocycles. The van der Waals surface area contributed by atoms with Gasteiger partial charge < -0.3 is 0 Å². The van der Waals surface area contributed by atoms with Crippen molar-refractivity contribution in [3.8, 4) is 0 Å². The van der Waals surface area contributed by atoms with E-state index in [1.165, 1.54) is 5.39 Å². The van der Waals surface area contributed by atoms with Crippen LogP contribution in [0.2, 0.25) is 0 Å². The Balaban J connectivity index is 1.88. The fourth-order valence-electron chi connectivity index (χ4n) is 4.57. The standard InChI is InChI=1S/C23H26N2O2/c1-23(2)13-19-22(20(26)14-23)18(12-21(27)25(19)24(3)4)17-10-9-15-7-5-6-8-16(15)11-17/h5-11,18H,12-14H2,1-4H3. The van der Waals surface area contributed by atoms with Crippen LogP contribution in [0.3, 0.4) is 0 Å². The molecule has 0 bridgehead atoms. The maximum Gasteiger partial charge on any atom is 0.242 e. The summed E-state index contributed by atoms with van der Waals surface area (Å²) < 4.78 is 0. The molecule has 1 amide bonds. The molecule has 27 heavy (non-hydrogen) atoms. The van der Waals surface area contributed by atoms with Gasteiger partial charge in [-0.25, -0.2) is 10.0 Å². The fourth-order valence-corrected chi connectivity index (χ4v) is 4.57. The zero-order chi connectivity index (χ0) is 19.3. The molecule has 0 aromatic heterocycles. The molecule has 4 nitrogen and oxygen atoms in total. The van der Waals surface area contributed by atoms with Gasteiger partial charge in [-0.2, -0.15) is 0 Å². The second-order valence-corrected chi connectivity index (χ2v) is 8.72. The number of benzene rings is 2. The summed E-state index contributed by atoms with van der Waals surface area (Å²) in [5, 5.41) is 5.83. The van der Waals surface area contributed by atoms with Crippen LogP contribution >= 0.6 is 0 Å². The summed E-state index contributed by atoms with van der Waals surface area (Å²) in [6.45, 7) is 4.21. The fraction of sp³-hybridized carbons (Fsp3) is 0.391. The molecule has 0 saturated carbocycles. The van der Waals surface area contributed by atoms with E-state index in [9.17, 15) is 9.59 Å². The zero-order valence-electron chi connectivity index (χ0n) is 16.5. The van der Waals surface area contributed by atoms with E-state index in [1.54, 1.807) is 5.01 Å². The number of carbonyl (C=O) groups is 2. The number of carbonyl (C=O) groups excluding carboxylic acids is 2. The minimum absolute atomic E-state index is 0.0578. The van der Waals surface area contributed by atoms with Gasteiger partial charge in [0.25, 0.3) is 0 Å². The summed E-state index contributed by atoms with van der Waals surface area (Å²) in [5.74, 6) is 0.0815. The van der Waals surface area contributed by atoms with E-state index in [0.717, 1.165) is 28.6 Å². The molecule has 2 aromatic carbocycles. The van der Waals surface area contributed by atoms with Crippen molar-refractivity contribution in [1.82, 2.24) is 10.0 Å². The van der Waals surface area contributed by atoms with Crippen molar-refractivity contribution in [3.05, 3.63) is 59.3 Å². The maximum absolute atomic E-state index is 13.2. The van der Waals surface area contributed by atoms with Crippen LogP contribution < -0.4 is 0 Å². The number of fused-ring (bicyclic) bond motifs is 1. The van der Waals surface area contributed by atoms with Crippen LogP contribution in [0.4, 0.5) is 0 Å². The smallest absolute Gasteiger partial charge is 0.242 e. The van der Waals surface area contributed by atoms with Gasteiger partial charge in [0, 0.05) is 44.1 Å². The van der Waals surface area contributed by atoms with Crippen LogP contribution in [0, 0.1) is 5.41 Å². The lowest BCUT2D eigenvalue weighted by atomic mass is 9.69.